The van der Waals surface area contributed by atoms with Crippen LogP contribution in [0.25, 0.3) is 0 Å². The lowest BCUT2D eigenvalue weighted by Crippen LogP contribution is -2.28. The molecule has 1 amide bonds. The Morgan fingerprint density at radius 2 is 2.13 bits per heavy atom. The van der Waals surface area contributed by atoms with E-state index in [9.17, 15) is 18.0 Å². The Kier molecular flexibility index (Phi) is 5.51. The number of ether oxygens (including phenoxy) is 1. The van der Waals surface area contributed by atoms with Gasteiger partial charge in [-0.15, -0.1) is 0 Å². The van der Waals surface area contributed by atoms with Crippen molar-refractivity contribution in [3.05, 3.63) is 23.8 Å². The van der Waals surface area contributed by atoms with Crippen LogP contribution in [0, 0.1) is 12.8 Å². The van der Waals surface area contributed by atoms with Crippen molar-refractivity contribution < 1.29 is 22.7 Å². The average Bonchev–Trinajstić information content (AvgIpc) is 2.83. The van der Waals surface area contributed by atoms with Gasteiger partial charge in [0.25, 0.3) is 0 Å². The van der Waals surface area contributed by atoms with Gasteiger partial charge in [-0.1, -0.05) is 12.5 Å². The summed E-state index contributed by atoms with van der Waals surface area (Å²) < 4.78 is 41.8. The van der Waals surface area contributed by atoms with E-state index in [-0.39, 0.29) is 35.7 Å². The van der Waals surface area contributed by atoms with Crippen LogP contribution in [-0.2, 0) is 4.79 Å². The van der Waals surface area contributed by atoms with Crippen molar-refractivity contribution in [2.45, 2.75) is 44.8 Å². The zero-order chi connectivity index (χ0) is 17.0. The first-order valence-corrected chi connectivity index (χ1v) is 7.60. The number of amides is 1. The van der Waals surface area contributed by atoms with Crippen molar-refractivity contribution in [1.82, 2.24) is 0 Å². The number of hydrogen-bond acceptors (Lipinski definition) is 3. The molecule has 0 bridgehead atoms. The number of benzene rings is 1. The van der Waals surface area contributed by atoms with Crippen molar-refractivity contribution in [1.29, 1.82) is 0 Å². The topological polar surface area (TPSA) is 64.4 Å². The van der Waals surface area contributed by atoms with E-state index in [1.807, 2.05) is 0 Å². The lowest BCUT2D eigenvalue weighted by atomic mass is 10.00. The zero-order valence-electron chi connectivity index (χ0n) is 13.0. The molecular formula is C16H21F3N2O2. The highest BCUT2D eigenvalue weighted by Crippen LogP contribution is 2.30. The van der Waals surface area contributed by atoms with Gasteiger partial charge in [-0.25, -0.2) is 0 Å². The molecule has 7 heteroatoms. The summed E-state index contributed by atoms with van der Waals surface area (Å²) in [5.41, 5.74) is 6.93. The molecule has 0 heterocycles. The first kappa shape index (κ1) is 17.6. The molecule has 0 unspecified atom stereocenters. The number of nitrogens with two attached hydrogens (primary N) is 1. The summed E-state index contributed by atoms with van der Waals surface area (Å²) in [6.45, 7) is 0.344. The molecule has 23 heavy (non-hydrogen) atoms. The molecule has 1 aliphatic carbocycles. The second-order valence-electron chi connectivity index (χ2n) is 6.01. The molecule has 0 saturated heterocycles. The van der Waals surface area contributed by atoms with Crippen LogP contribution in [0.3, 0.4) is 0 Å². The standard InChI is InChI=1S/C16H21F3N2O2/c1-10-5-6-13(14(7-10)23-9-16(17,18)19)21-15(22)8-11-3-2-4-12(11)20/h5-7,11-12H,2-4,8-9,20H2,1H3,(H,21,22)/t11-,12+/m0/s1. The summed E-state index contributed by atoms with van der Waals surface area (Å²) in [7, 11) is 0. The largest absolute Gasteiger partial charge is 0.482 e. The number of hydrogen-bond donors (Lipinski definition) is 2. The van der Waals surface area contributed by atoms with Gasteiger partial charge in [-0.2, -0.15) is 13.2 Å². The van der Waals surface area contributed by atoms with E-state index in [0.29, 0.717) is 0 Å². The fraction of sp³-hybridized carbons (Fsp3) is 0.562. The molecule has 4 nitrogen and oxygen atoms in total. The highest BCUT2D eigenvalue weighted by Gasteiger charge is 2.29. The van der Waals surface area contributed by atoms with Crippen molar-refractivity contribution in [3.8, 4) is 5.75 Å². The summed E-state index contributed by atoms with van der Waals surface area (Å²) in [4.78, 5) is 12.1. The Hall–Kier alpha value is -1.76. The minimum absolute atomic E-state index is 0.0136. The van der Waals surface area contributed by atoms with Crippen molar-refractivity contribution in [2.75, 3.05) is 11.9 Å². The fourth-order valence-corrected chi connectivity index (χ4v) is 2.77. The first-order valence-electron chi connectivity index (χ1n) is 7.60. The van der Waals surface area contributed by atoms with Crippen LogP contribution < -0.4 is 15.8 Å². The Labute approximate surface area is 133 Å². The van der Waals surface area contributed by atoms with E-state index in [4.69, 9.17) is 10.5 Å². The monoisotopic (exact) mass is 330 g/mol. The number of halogens is 3. The second-order valence-corrected chi connectivity index (χ2v) is 6.01. The van der Waals surface area contributed by atoms with Gasteiger partial charge in [0, 0.05) is 12.5 Å². The number of alkyl halides is 3. The van der Waals surface area contributed by atoms with Gasteiger partial charge >= 0.3 is 6.18 Å². The number of anilines is 1. The summed E-state index contributed by atoms with van der Waals surface area (Å²) in [6.07, 6.45) is -1.35. The maximum Gasteiger partial charge on any atom is 0.422 e. The smallest absolute Gasteiger partial charge is 0.422 e. The molecule has 0 aromatic heterocycles. The van der Waals surface area contributed by atoms with Crippen LogP contribution in [0.15, 0.2) is 18.2 Å². The number of nitrogens with one attached hydrogen (secondary N) is 1. The van der Waals surface area contributed by atoms with Gasteiger partial charge in [0.05, 0.1) is 5.69 Å². The highest BCUT2D eigenvalue weighted by molar-refractivity contribution is 5.92. The van der Waals surface area contributed by atoms with Crippen molar-refractivity contribution in [2.24, 2.45) is 11.7 Å². The van der Waals surface area contributed by atoms with Crippen LogP contribution >= 0.6 is 0 Å². The Morgan fingerprint density at radius 1 is 1.39 bits per heavy atom. The lowest BCUT2D eigenvalue weighted by Gasteiger charge is -2.17. The highest BCUT2D eigenvalue weighted by atomic mass is 19.4. The third-order valence-electron chi connectivity index (χ3n) is 3.97. The van der Waals surface area contributed by atoms with Gasteiger partial charge in [0.15, 0.2) is 6.61 Å². The molecule has 1 fully saturated rings. The summed E-state index contributed by atoms with van der Waals surface area (Å²) in [5.74, 6) is -0.112. The molecule has 128 valence electrons. The molecule has 1 aromatic carbocycles. The predicted molar refractivity (Wildman–Crippen MR) is 81.3 cm³/mol. The van der Waals surface area contributed by atoms with E-state index in [0.717, 1.165) is 24.8 Å². The minimum Gasteiger partial charge on any atom is -0.482 e. The molecule has 0 spiro atoms. The molecule has 1 aromatic rings. The van der Waals surface area contributed by atoms with Crippen molar-refractivity contribution >= 4 is 11.6 Å². The molecular weight excluding hydrogens is 309 g/mol. The maximum absolute atomic E-state index is 12.3. The summed E-state index contributed by atoms with van der Waals surface area (Å²) in [6, 6.07) is 4.74. The van der Waals surface area contributed by atoms with Gasteiger partial charge in [-0.3, -0.25) is 4.79 Å². The summed E-state index contributed by atoms with van der Waals surface area (Å²) in [5, 5.41) is 2.63. The molecule has 3 N–H and O–H groups in total. The lowest BCUT2D eigenvalue weighted by molar-refractivity contribution is -0.153. The van der Waals surface area contributed by atoms with Gasteiger partial charge < -0.3 is 15.8 Å². The SMILES string of the molecule is Cc1ccc(NC(=O)C[C@@H]2CCC[C@H]2N)c(OCC(F)(F)F)c1. The van der Waals surface area contributed by atoms with Crippen LogP contribution in [0.1, 0.15) is 31.2 Å². The zero-order valence-corrected chi connectivity index (χ0v) is 13.0. The van der Waals surface area contributed by atoms with E-state index in [2.05, 4.69) is 5.32 Å². The average molecular weight is 330 g/mol. The van der Waals surface area contributed by atoms with E-state index < -0.39 is 12.8 Å². The molecule has 1 aliphatic rings. The number of aryl methyl sites for hydroxylation is 1. The number of rotatable bonds is 5. The van der Waals surface area contributed by atoms with Crippen LogP contribution in [0.5, 0.6) is 5.75 Å². The molecule has 0 radical (unpaired) electrons. The molecule has 2 rings (SSSR count). The Bertz CT molecular complexity index is 561. The molecule has 0 aliphatic heterocycles. The van der Waals surface area contributed by atoms with E-state index in [1.165, 1.54) is 6.07 Å². The first-order chi connectivity index (χ1) is 10.7. The quantitative estimate of drug-likeness (QED) is 0.870. The predicted octanol–water partition coefficient (Wildman–Crippen LogP) is 3.39. The van der Waals surface area contributed by atoms with Crippen LogP contribution in [0.2, 0.25) is 0 Å². The Balaban J connectivity index is 2.01. The van der Waals surface area contributed by atoms with Crippen LogP contribution in [0.4, 0.5) is 18.9 Å². The second kappa shape index (κ2) is 7.21. The third kappa shape index (κ3) is 5.42. The Morgan fingerprint density at radius 3 is 2.74 bits per heavy atom. The fourth-order valence-electron chi connectivity index (χ4n) is 2.77. The van der Waals surface area contributed by atoms with Gasteiger partial charge in [-0.05, 0) is 43.4 Å². The van der Waals surface area contributed by atoms with Gasteiger partial charge in [0.2, 0.25) is 5.91 Å². The summed E-state index contributed by atoms with van der Waals surface area (Å²) >= 11 is 0. The van der Waals surface area contributed by atoms with Gasteiger partial charge in [0.1, 0.15) is 5.75 Å². The number of carbonyl (C=O) groups is 1. The molecule has 2 atom stereocenters. The van der Waals surface area contributed by atoms with E-state index >= 15 is 0 Å². The van der Waals surface area contributed by atoms with E-state index in [1.54, 1.807) is 19.1 Å². The van der Waals surface area contributed by atoms with Crippen LogP contribution in [-0.4, -0.2) is 24.7 Å². The third-order valence-corrected chi connectivity index (χ3v) is 3.97. The molecule has 1 saturated carbocycles. The maximum atomic E-state index is 12.3. The normalized spacial score (nSPS) is 21.3. The number of carbonyl (C=O) groups excluding carboxylic acids is 1. The van der Waals surface area contributed by atoms with Crippen molar-refractivity contribution in [3.63, 3.8) is 0 Å². The minimum atomic E-state index is -4.43.